The van der Waals surface area contributed by atoms with E-state index >= 15 is 0 Å². The Morgan fingerprint density at radius 1 is 1.43 bits per heavy atom. The van der Waals surface area contributed by atoms with E-state index in [-0.39, 0.29) is 5.69 Å². The summed E-state index contributed by atoms with van der Waals surface area (Å²) in [4.78, 5) is 19.6. The van der Waals surface area contributed by atoms with Crippen LogP contribution in [0.3, 0.4) is 0 Å². The third-order valence-electron chi connectivity index (χ3n) is 2.47. The van der Waals surface area contributed by atoms with Gasteiger partial charge >= 0.3 is 11.7 Å². The molecular weight excluding hydrogens is 314 g/mol. The molecule has 0 aliphatic rings. The highest BCUT2D eigenvalue weighted by Gasteiger charge is 2.29. The Balaban J connectivity index is 3.33. The zero-order valence-corrected chi connectivity index (χ0v) is 11.3. The van der Waals surface area contributed by atoms with E-state index in [1.54, 1.807) is 0 Å². The molecule has 1 unspecified atom stereocenters. The number of sulfone groups is 1. The van der Waals surface area contributed by atoms with E-state index in [2.05, 4.69) is 5.32 Å². The summed E-state index contributed by atoms with van der Waals surface area (Å²) in [6.45, 7) is 1.20. The zero-order valence-electron chi connectivity index (χ0n) is 10.5. The van der Waals surface area contributed by atoms with Crippen molar-refractivity contribution in [1.29, 1.82) is 0 Å². The van der Waals surface area contributed by atoms with Crippen molar-refractivity contribution in [2.45, 2.75) is 23.6 Å². The normalized spacial score (nSPS) is 13.0. The van der Waals surface area contributed by atoms with Crippen LogP contribution in [-0.4, -0.2) is 36.2 Å². The van der Waals surface area contributed by atoms with E-state index in [1.165, 1.54) is 6.92 Å². The van der Waals surface area contributed by atoms with Crippen molar-refractivity contribution in [2.75, 3.05) is 5.32 Å². The smallest absolute Gasteiger partial charge is 0.341 e. The van der Waals surface area contributed by atoms with Gasteiger partial charge in [0.15, 0.2) is 0 Å². The van der Waals surface area contributed by atoms with Crippen molar-refractivity contribution in [3.05, 3.63) is 28.3 Å². The summed E-state index contributed by atoms with van der Waals surface area (Å²) in [5.41, 5.74) is -1.10. The van der Waals surface area contributed by atoms with E-state index < -0.39 is 43.1 Å². The van der Waals surface area contributed by atoms with Gasteiger partial charge in [-0.3, -0.25) is 14.9 Å². The van der Waals surface area contributed by atoms with Gasteiger partial charge in [-0.15, -0.1) is 0 Å². The van der Waals surface area contributed by atoms with Crippen molar-refractivity contribution in [3.8, 4) is 0 Å². The lowest BCUT2D eigenvalue weighted by Crippen LogP contribution is -2.25. The number of hydrogen-bond donors (Lipinski definition) is 2. The van der Waals surface area contributed by atoms with E-state index in [0.717, 1.165) is 12.1 Å². The largest absolute Gasteiger partial charge is 0.480 e. The number of alkyl halides is 2. The van der Waals surface area contributed by atoms with Crippen LogP contribution < -0.4 is 5.32 Å². The average Bonchev–Trinajstić information content (AvgIpc) is 2.38. The molecule has 11 heteroatoms. The highest BCUT2D eigenvalue weighted by Crippen LogP contribution is 2.30. The van der Waals surface area contributed by atoms with Crippen LogP contribution in [0.15, 0.2) is 23.1 Å². The van der Waals surface area contributed by atoms with Gasteiger partial charge in [0.05, 0.1) is 9.82 Å². The number of benzene rings is 1. The van der Waals surface area contributed by atoms with Gasteiger partial charge < -0.3 is 10.4 Å². The van der Waals surface area contributed by atoms with Crippen LogP contribution in [0.5, 0.6) is 0 Å². The number of hydrogen-bond acceptors (Lipinski definition) is 6. The van der Waals surface area contributed by atoms with Crippen molar-refractivity contribution in [1.82, 2.24) is 0 Å². The van der Waals surface area contributed by atoms with Gasteiger partial charge in [0, 0.05) is 6.07 Å². The number of rotatable bonds is 6. The summed E-state index contributed by atoms with van der Waals surface area (Å²) in [6, 6.07) is 0.873. The first-order valence-corrected chi connectivity index (χ1v) is 6.92. The number of nitrogens with zero attached hydrogens (tertiary/aromatic N) is 1. The fourth-order valence-electron chi connectivity index (χ4n) is 1.36. The third kappa shape index (κ3) is 3.62. The quantitative estimate of drug-likeness (QED) is 0.599. The number of halogens is 2. The SMILES string of the molecule is CC(Nc1ccc(S(=O)(=O)C(F)F)cc1[N+](=O)[O-])C(=O)O. The molecule has 116 valence electrons. The fourth-order valence-corrected chi connectivity index (χ4v) is 2.10. The van der Waals surface area contributed by atoms with Crippen LogP contribution >= 0.6 is 0 Å². The molecule has 0 radical (unpaired) electrons. The molecule has 0 spiro atoms. The van der Waals surface area contributed by atoms with Gasteiger partial charge in [-0.05, 0) is 19.1 Å². The van der Waals surface area contributed by atoms with E-state index in [9.17, 15) is 32.1 Å². The summed E-state index contributed by atoms with van der Waals surface area (Å²) in [6.07, 6.45) is 0. The third-order valence-corrected chi connectivity index (χ3v) is 3.85. The highest BCUT2D eigenvalue weighted by molar-refractivity contribution is 7.91. The first kappa shape index (κ1) is 16.8. The fraction of sp³-hybridized carbons (Fsp3) is 0.300. The second-order valence-electron chi connectivity index (χ2n) is 3.95. The molecule has 21 heavy (non-hydrogen) atoms. The number of carboxylic acid groups (broad SMARTS) is 1. The maximum absolute atomic E-state index is 12.4. The number of nitro benzene ring substituents is 1. The molecule has 0 aliphatic heterocycles. The number of carbonyl (C=O) groups is 1. The van der Waals surface area contributed by atoms with Crippen LogP contribution in [-0.2, 0) is 14.6 Å². The lowest BCUT2D eigenvalue weighted by molar-refractivity contribution is -0.384. The minimum Gasteiger partial charge on any atom is -0.480 e. The molecule has 0 aliphatic carbocycles. The molecule has 1 rings (SSSR count). The van der Waals surface area contributed by atoms with Crippen LogP contribution in [0.2, 0.25) is 0 Å². The summed E-state index contributed by atoms with van der Waals surface area (Å²) in [7, 11) is -4.98. The van der Waals surface area contributed by atoms with Crippen molar-refractivity contribution < 1.29 is 32.0 Å². The standard InChI is InChI=1S/C10H10F2N2O6S/c1-5(9(15)16)13-7-3-2-6(4-8(7)14(17)18)21(19,20)10(11)12/h2-5,10,13H,1H3,(H,15,16). The number of nitro groups is 1. The van der Waals surface area contributed by atoms with Gasteiger partial charge in [0.1, 0.15) is 11.7 Å². The molecule has 0 bridgehead atoms. The van der Waals surface area contributed by atoms with Crippen LogP contribution in [0.25, 0.3) is 0 Å². The molecular formula is C10H10F2N2O6S. The summed E-state index contributed by atoms with van der Waals surface area (Å²) in [5, 5.41) is 21.8. The van der Waals surface area contributed by atoms with Crippen LogP contribution in [0.1, 0.15) is 6.92 Å². The lowest BCUT2D eigenvalue weighted by atomic mass is 10.2. The average molecular weight is 324 g/mol. The van der Waals surface area contributed by atoms with E-state index in [1.807, 2.05) is 0 Å². The Morgan fingerprint density at radius 3 is 2.43 bits per heavy atom. The predicted octanol–water partition coefficient (Wildman–Crippen LogP) is 1.48. The molecule has 0 saturated carbocycles. The number of carboxylic acids is 1. The van der Waals surface area contributed by atoms with Gasteiger partial charge in [-0.25, -0.2) is 8.42 Å². The second kappa shape index (κ2) is 5.99. The molecule has 0 saturated heterocycles. The molecule has 1 atom stereocenters. The first-order chi connectivity index (χ1) is 9.57. The maximum Gasteiger partial charge on any atom is 0.341 e. The van der Waals surface area contributed by atoms with Gasteiger partial charge in [0.25, 0.3) is 5.69 Å². The Morgan fingerprint density at radius 2 is 2.00 bits per heavy atom. The molecule has 0 amide bonds. The summed E-state index contributed by atoms with van der Waals surface area (Å²) in [5.74, 6) is -5.01. The predicted molar refractivity (Wildman–Crippen MR) is 67.0 cm³/mol. The number of nitrogens with one attached hydrogen (secondary N) is 1. The molecule has 2 N–H and O–H groups in total. The second-order valence-corrected chi connectivity index (χ2v) is 5.86. The van der Waals surface area contributed by atoms with Gasteiger partial charge in [0.2, 0.25) is 9.84 Å². The van der Waals surface area contributed by atoms with Crippen LogP contribution in [0, 0.1) is 10.1 Å². The van der Waals surface area contributed by atoms with Gasteiger partial charge in [-0.1, -0.05) is 0 Å². The van der Waals surface area contributed by atoms with Crippen molar-refractivity contribution >= 4 is 27.2 Å². The lowest BCUT2D eigenvalue weighted by Gasteiger charge is -2.12. The Labute approximate surface area is 117 Å². The first-order valence-electron chi connectivity index (χ1n) is 5.37. The highest BCUT2D eigenvalue weighted by atomic mass is 32.2. The Kier molecular flexibility index (Phi) is 4.78. The maximum atomic E-state index is 12.4. The molecule has 0 aromatic heterocycles. The Hall–Kier alpha value is -2.30. The monoisotopic (exact) mass is 324 g/mol. The Bertz CT molecular complexity index is 676. The molecule has 1 aromatic carbocycles. The number of anilines is 1. The molecule has 0 heterocycles. The van der Waals surface area contributed by atoms with E-state index in [0.29, 0.717) is 6.07 Å². The topological polar surface area (TPSA) is 127 Å². The van der Waals surface area contributed by atoms with Crippen LogP contribution in [0.4, 0.5) is 20.2 Å². The summed E-state index contributed by atoms with van der Waals surface area (Å²) >= 11 is 0. The molecule has 8 nitrogen and oxygen atoms in total. The van der Waals surface area contributed by atoms with Crippen molar-refractivity contribution in [3.63, 3.8) is 0 Å². The van der Waals surface area contributed by atoms with E-state index in [4.69, 9.17) is 5.11 Å². The molecule has 0 fully saturated rings. The van der Waals surface area contributed by atoms with Gasteiger partial charge in [-0.2, -0.15) is 8.78 Å². The number of aliphatic carboxylic acids is 1. The van der Waals surface area contributed by atoms with Crippen molar-refractivity contribution in [2.24, 2.45) is 0 Å². The molecule has 1 aromatic rings. The minimum absolute atomic E-state index is 0.289. The zero-order chi connectivity index (χ0) is 16.4. The summed E-state index contributed by atoms with van der Waals surface area (Å²) < 4.78 is 47.3. The minimum atomic E-state index is -4.98.